The van der Waals surface area contributed by atoms with E-state index in [2.05, 4.69) is 22.2 Å². The van der Waals surface area contributed by atoms with Gasteiger partial charge in [-0.2, -0.15) is 0 Å². The van der Waals surface area contributed by atoms with Crippen LogP contribution in [0.1, 0.15) is 37.9 Å². The molecule has 1 aliphatic rings. The van der Waals surface area contributed by atoms with E-state index in [4.69, 9.17) is 9.47 Å². The van der Waals surface area contributed by atoms with Crippen molar-refractivity contribution >= 4 is 0 Å². The second-order valence-corrected chi connectivity index (χ2v) is 4.54. The van der Waals surface area contributed by atoms with Crippen molar-refractivity contribution in [2.24, 2.45) is 0 Å². The molecule has 1 unspecified atom stereocenters. The molecular weight excluding hydrogens is 242 g/mol. The van der Waals surface area contributed by atoms with Gasteiger partial charge in [0, 0.05) is 6.07 Å². The Morgan fingerprint density at radius 2 is 2.37 bits per heavy atom. The average molecular weight is 263 g/mol. The lowest BCUT2D eigenvalue weighted by Gasteiger charge is -2.24. The monoisotopic (exact) mass is 263 g/mol. The maximum atomic E-state index is 5.44. The number of rotatable bonds is 6. The van der Waals surface area contributed by atoms with E-state index >= 15 is 0 Å². The van der Waals surface area contributed by atoms with Crippen LogP contribution in [-0.2, 0) is 4.74 Å². The summed E-state index contributed by atoms with van der Waals surface area (Å²) in [6.07, 6.45) is 6.57. The molecule has 2 rings (SSSR count). The molecule has 1 aromatic heterocycles. The third kappa shape index (κ3) is 3.67. The lowest BCUT2D eigenvalue weighted by Crippen LogP contribution is -2.26. The molecule has 104 valence electrons. The van der Waals surface area contributed by atoms with Gasteiger partial charge in [-0.3, -0.25) is 0 Å². The highest BCUT2D eigenvalue weighted by Gasteiger charge is 2.20. The van der Waals surface area contributed by atoms with Gasteiger partial charge in [0.05, 0.1) is 31.7 Å². The fourth-order valence-electron chi connectivity index (χ4n) is 2.13. The summed E-state index contributed by atoms with van der Waals surface area (Å²) in [5.74, 6) is 0.589. The third-order valence-corrected chi connectivity index (χ3v) is 3.10. The Balaban J connectivity index is 2.22. The molecule has 1 N–H and O–H groups in total. The van der Waals surface area contributed by atoms with Crippen LogP contribution >= 0.6 is 0 Å². The van der Waals surface area contributed by atoms with Crippen LogP contribution in [0.2, 0.25) is 0 Å². The lowest BCUT2D eigenvalue weighted by molar-refractivity contribution is 0.219. The van der Waals surface area contributed by atoms with Gasteiger partial charge in [-0.15, -0.1) is 0 Å². The van der Waals surface area contributed by atoms with Crippen LogP contribution in [0.5, 0.6) is 5.88 Å². The predicted molar refractivity (Wildman–Crippen MR) is 72.9 cm³/mol. The molecule has 0 amide bonds. The molecule has 5 heteroatoms. The Labute approximate surface area is 114 Å². The lowest BCUT2D eigenvalue weighted by atomic mass is 9.99. The first-order valence-corrected chi connectivity index (χ1v) is 6.75. The van der Waals surface area contributed by atoms with Gasteiger partial charge in [-0.1, -0.05) is 6.92 Å². The van der Waals surface area contributed by atoms with Crippen molar-refractivity contribution in [3.05, 3.63) is 29.9 Å². The molecule has 1 aliphatic heterocycles. The van der Waals surface area contributed by atoms with Crippen molar-refractivity contribution in [2.45, 2.75) is 32.2 Å². The fourth-order valence-corrected chi connectivity index (χ4v) is 2.13. The van der Waals surface area contributed by atoms with Crippen molar-refractivity contribution in [1.82, 2.24) is 15.3 Å². The largest absolute Gasteiger partial charge is 0.501 e. The van der Waals surface area contributed by atoms with Crippen LogP contribution < -0.4 is 10.1 Å². The molecule has 0 bridgehead atoms. The average Bonchev–Trinajstić information content (AvgIpc) is 2.49. The molecule has 1 atom stereocenters. The highest BCUT2D eigenvalue weighted by molar-refractivity contribution is 5.25. The van der Waals surface area contributed by atoms with Gasteiger partial charge in [-0.25, -0.2) is 9.97 Å². The zero-order valence-electron chi connectivity index (χ0n) is 11.6. The number of nitrogens with zero attached hydrogens (tertiary/aromatic N) is 2. The summed E-state index contributed by atoms with van der Waals surface area (Å²) in [5.41, 5.74) is 2.16. The molecule has 0 fully saturated rings. The van der Waals surface area contributed by atoms with Gasteiger partial charge in [0.1, 0.15) is 6.33 Å². The molecule has 0 saturated heterocycles. The number of hydrogen-bond acceptors (Lipinski definition) is 5. The van der Waals surface area contributed by atoms with Crippen LogP contribution in [0, 0.1) is 0 Å². The van der Waals surface area contributed by atoms with Crippen molar-refractivity contribution in [3.8, 4) is 5.88 Å². The van der Waals surface area contributed by atoms with Gasteiger partial charge < -0.3 is 14.8 Å². The van der Waals surface area contributed by atoms with Crippen LogP contribution in [0.4, 0.5) is 0 Å². The van der Waals surface area contributed by atoms with E-state index in [1.807, 2.05) is 12.3 Å². The van der Waals surface area contributed by atoms with Gasteiger partial charge in [0.25, 0.3) is 0 Å². The summed E-state index contributed by atoms with van der Waals surface area (Å²) >= 11 is 0. The molecule has 0 aromatic carbocycles. The van der Waals surface area contributed by atoms with Crippen LogP contribution in [0.15, 0.2) is 24.2 Å². The van der Waals surface area contributed by atoms with E-state index in [9.17, 15) is 0 Å². The third-order valence-electron chi connectivity index (χ3n) is 3.10. The summed E-state index contributed by atoms with van der Waals surface area (Å²) in [6.45, 7) is 3.89. The standard InChI is InChI=1S/C14H21N3O2/c1-3-6-15-14(11-5-4-7-19-9-11)12-8-13(18-2)17-10-16-12/h8-10,14-15H,3-7H2,1-2H3. The first-order chi connectivity index (χ1) is 9.35. The highest BCUT2D eigenvalue weighted by Crippen LogP contribution is 2.27. The molecule has 0 saturated carbocycles. The molecule has 2 heterocycles. The predicted octanol–water partition coefficient (Wildman–Crippen LogP) is 2.22. The Morgan fingerprint density at radius 3 is 3.05 bits per heavy atom. The molecule has 0 aliphatic carbocycles. The van der Waals surface area contributed by atoms with Crippen molar-refractivity contribution in [3.63, 3.8) is 0 Å². The first kappa shape index (κ1) is 13.8. The smallest absolute Gasteiger partial charge is 0.216 e. The van der Waals surface area contributed by atoms with E-state index in [1.165, 1.54) is 5.57 Å². The Kier molecular flexibility index (Phi) is 5.15. The van der Waals surface area contributed by atoms with E-state index < -0.39 is 0 Å². The summed E-state index contributed by atoms with van der Waals surface area (Å²) < 4.78 is 10.6. The summed E-state index contributed by atoms with van der Waals surface area (Å²) in [7, 11) is 1.61. The van der Waals surface area contributed by atoms with Crippen LogP contribution in [-0.4, -0.2) is 30.2 Å². The molecule has 5 nitrogen and oxygen atoms in total. The Hall–Kier alpha value is -1.62. The number of aromatic nitrogens is 2. The van der Waals surface area contributed by atoms with E-state index in [0.29, 0.717) is 5.88 Å². The quantitative estimate of drug-likeness (QED) is 0.853. The topological polar surface area (TPSA) is 56.3 Å². The number of hydrogen-bond donors (Lipinski definition) is 1. The molecule has 19 heavy (non-hydrogen) atoms. The van der Waals surface area contributed by atoms with Gasteiger partial charge in [-0.05, 0) is 31.4 Å². The van der Waals surface area contributed by atoms with E-state index in [-0.39, 0.29) is 6.04 Å². The first-order valence-electron chi connectivity index (χ1n) is 6.75. The zero-order chi connectivity index (χ0) is 13.5. The molecular formula is C14H21N3O2. The van der Waals surface area contributed by atoms with Crippen molar-refractivity contribution in [2.75, 3.05) is 20.3 Å². The minimum atomic E-state index is 0.0807. The minimum absolute atomic E-state index is 0.0807. The van der Waals surface area contributed by atoms with Crippen molar-refractivity contribution in [1.29, 1.82) is 0 Å². The Bertz CT molecular complexity index is 434. The SMILES string of the molecule is CCCNC(C1=COCCC1)c1cc(OC)ncn1. The number of nitrogens with one attached hydrogen (secondary N) is 1. The Morgan fingerprint density at radius 1 is 1.47 bits per heavy atom. The minimum Gasteiger partial charge on any atom is -0.501 e. The normalized spacial score (nSPS) is 16.4. The summed E-state index contributed by atoms with van der Waals surface area (Å²) in [6, 6.07) is 1.96. The van der Waals surface area contributed by atoms with Gasteiger partial charge >= 0.3 is 0 Å². The molecule has 0 radical (unpaired) electrons. The maximum Gasteiger partial charge on any atom is 0.216 e. The fraction of sp³-hybridized carbons (Fsp3) is 0.571. The summed E-state index contributed by atoms with van der Waals surface area (Å²) in [4.78, 5) is 8.42. The highest BCUT2D eigenvalue weighted by atomic mass is 16.5. The second-order valence-electron chi connectivity index (χ2n) is 4.54. The van der Waals surface area contributed by atoms with Crippen LogP contribution in [0.25, 0.3) is 0 Å². The van der Waals surface area contributed by atoms with Crippen molar-refractivity contribution < 1.29 is 9.47 Å². The molecule has 1 aromatic rings. The van der Waals surface area contributed by atoms with E-state index in [1.54, 1.807) is 13.4 Å². The zero-order valence-corrected chi connectivity index (χ0v) is 11.6. The molecule has 0 spiro atoms. The number of methoxy groups -OCH3 is 1. The maximum absolute atomic E-state index is 5.44. The van der Waals surface area contributed by atoms with Gasteiger partial charge in [0.15, 0.2) is 0 Å². The summed E-state index contributed by atoms with van der Waals surface area (Å²) in [5, 5.41) is 3.51. The van der Waals surface area contributed by atoms with E-state index in [0.717, 1.165) is 38.1 Å². The van der Waals surface area contributed by atoms with Crippen LogP contribution in [0.3, 0.4) is 0 Å². The number of ether oxygens (including phenoxy) is 2. The van der Waals surface area contributed by atoms with Gasteiger partial charge in [0.2, 0.25) is 5.88 Å². The second kappa shape index (κ2) is 7.09.